The van der Waals surface area contributed by atoms with E-state index in [1.807, 2.05) is 24.8 Å². The Labute approximate surface area is 278 Å². The molecule has 1 saturated heterocycles. The van der Waals surface area contributed by atoms with E-state index in [0.717, 1.165) is 25.9 Å². The number of likely N-dealkylation sites (tertiary alicyclic amines) is 1. The highest BCUT2D eigenvalue weighted by Gasteiger charge is 2.33. The lowest BCUT2D eigenvalue weighted by molar-refractivity contribution is -0.127. The Morgan fingerprint density at radius 3 is 2.13 bits per heavy atom. The summed E-state index contributed by atoms with van der Waals surface area (Å²) >= 11 is 0. The number of sulfone groups is 1. The molecule has 2 heterocycles. The minimum atomic E-state index is -4.03. The fourth-order valence-corrected chi connectivity index (χ4v) is 6.48. The molecule has 13 nitrogen and oxygen atoms in total. The predicted molar refractivity (Wildman–Crippen MR) is 178 cm³/mol. The minimum Gasteiger partial charge on any atom is -0.454 e. The maximum Gasteiger partial charge on any atom is 0.243 e. The van der Waals surface area contributed by atoms with E-state index in [4.69, 9.17) is 9.47 Å². The van der Waals surface area contributed by atoms with Crippen molar-refractivity contribution in [1.29, 1.82) is 0 Å². The molecule has 15 heteroatoms. The number of hydrogen-bond donors (Lipinski definition) is 3. The summed E-state index contributed by atoms with van der Waals surface area (Å²) in [4.78, 5) is 27.2. The van der Waals surface area contributed by atoms with E-state index in [9.17, 15) is 31.5 Å². The van der Waals surface area contributed by atoms with Gasteiger partial charge in [-0.05, 0) is 63.4 Å². The Bertz CT molecular complexity index is 1550. The summed E-state index contributed by atoms with van der Waals surface area (Å²) in [7, 11) is -6.77. The molecule has 0 bridgehead atoms. The molecule has 47 heavy (non-hydrogen) atoms. The van der Waals surface area contributed by atoms with Gasteiger partial charge in [-0.1, -0.05) is 44.2 Å². The second kappa shape index (κ2) is 17.2. The van der Waals surface area contributed by atoms with Gasteiger partial charge in [0.2, 0.25) is 28.6 Å². The number of fused-ring (bicyclic) bond motifs is 1. The predicted octanol–water partition coefficient (Wildman–Crippen LogP) is 1.93. The van der Waals surface area contributed by atoms with Crippen LogP contribution in [0.5, 0.6) is 11.5 Å². The van der Waals surface area contributed by atoms with Crippen LogP contribution in [0.3, 0.4) is 0 Å². The molecule has 4 rings (SSSR count). The molecule has 0 aromatic heterocycles. The highest BCUT2D eigenvalue weighted by Crippen LogP contribution is 2.35. The first-order chi connectivity index (χ1) is 22.1. The summed E-state index contributed by atoms with van der Waals surface area (Å²) in [5.74, 6) is 0.0381. The summed E-state index contributed by atoms with van der Waals surface area (Å²) in [6.45, 7) is 8.70. The lowest BCUT2D eigenvalue weighted by Gasteiger charge is -2.31. The number of aliphatic hydroxyl groups excluding tert-OH is 1. The Balaban J connectivity index is 0.000000771. The van der Waals surface area contributed by atoms with E-state index < -0.39 is 37.9 Å². The molecule has 0 aliphatic carbocycles. The summed E-state index contributed by atoms with van der Waals surface area (Å²) in [6, 6.07) is 12.3. The van der Waals surface area contributed by atoms with E-state index >= 15 is 0 Å². The number of ether oxygens (including phenoxy) is 2. The van der Waals surface area contributed by atoms with Crippen molar-refractivity contribution in [2.45, 2.75) is 62.8 Å². The third-order valence-electron chi connectivity index (χ3n) is 7.67. The van der Waals surface area contributed by atoms with Crippen molar-refractivity contribution in [3.05, 3.63) is 54.1 Å². The highest BCUT2D eigenvalue weighted by molar-refractivity contribution is 7.91. The molecule has 2 amide bonds. The van der Waals surface area contributed by atoms with Gasteiger partial charge in [0.15, 0.2) is 11.5 Å². The molecule has 0 spiro atoms. The van der Waals surface area contributed by atoms with E-state index in [1.54, 1.807) is 44.2 Å². The van der Waals surface area contributed by atoms with Crippen molar-refractivity contribution < 1.29 is 41.0 Å². The summed E-state index contributed by atoms with van der Waals surface area (Å²) in [6.07, 6.45) is 2.07. The van der Waals surface area contributed by atoms with Crippen LogP contribution in [0.2, 0.25) is 0 Å². The molecule has 2 atom stereocenters. The van der Waals surface area contributed by atoms with Gasteiger partial charge in [0, 0.05) is 25.4 Å². The van der Waals surface area contributed by atoms with Crippen LogP contribution < -0.4 is 20.1 Å². The molecule has 0 unspecified atom stereocenters. The topological polar surface area (TPSA) is 172 Å². The highest BCUT2D eigenvalue weighted by atomic mass is 32.2. The van der Waals surface area contributed by atoms with Gasteiger partial charge in [-0.25, -0.2) is 16.8 Å². The molecule has 0 saturated carbocycles. The number of nitrogens with zero attached hydrogens (tertiary/aromatic N) is 2. The number of rotatable bonds is 14. The Morgan fingerprint density at radius 2 is 1.53 bits per heavy atom. The minimum absolute atomic E-state index is 0.0183. The zero-order chi connectivity index (χ0) is 34.8. The van der Waals surface area contributed by atoms with Crippen LogP contribution >= 0.6 is 0 Å². The van der Waals surface area contributed by atoms with Crippen molar-refractivity contribution in [3.63, 3.8) is 0 Å². The molecule has 0 radical (unpaired) electrons. The summed E-state index contributed by atoms with van der Waals surface area (Å²) in [5.41, 5.74) is 0.608. The third kappa shape index (κ3) is 11.7. The van der Waals surface area contributed by atoms with Crippen LogP contribution in [-0.2, 0) is 29.4 Å². The molecule has 2 aromatic carbocycles. The molecular weight excluding hydrogens is 649 g/mol. The van der Waals surface area contributed by atoms with E-state index in [2.05, 4.69) is 10.6 Å². The van der Waals surface area contributed by atoms with Crippen LogP contribution in [0.1, 0.15) is 52.1 Å². The number of nitrogens with one attached hydrogen (secondary N) is 2. The average Bonchev–Trinajstić information content (AvgIpc) is 3.70. The van der Waals surface area contributed by atoms with Gasteiger partial charge in [0.1, 0.15) is 9.84 Å². The first-order valence-corrected chi connectivity index (χ1v) is 19.1. The van der Waals surface area contributed by atoms with Gasteiger partial charge in [-0.3, -0.25) is 14.5 Å². The van der Waals surface area contributed by atoms with Gasteiger partial charge < -0.3 is 25.2 Å². The standard InChI is InChI=1S/C28H38N4O7S.C4H10O2S/c1-20(2)16-32(40(36,37)22-10-11-24-25(14-22)39-19-38-24)17-23(33)28(21-8-4-3-5-9-21)30-26(34)15-29-27(35)18-31-12-6-7-13-31;1-4(2)7(3,5)6/h3-5,8-11,14,20,23,28,33H,6-7,12-13,15-19H2,1-2H3,(H,29,35)(H,30,34);4H,1-3H3/t23-,28+;/m1./s1. The zero-order valence-electron chi connectivity index (χ0n) is 27.7. The van der Waals surface area contributed by atoms with Crippen molar-refractivity contribution >= 4 is 31.7 Å². The average molecular weight is 697 g/mol. The van der Waals surface area contributed by atoms with E-state index in [0.29, 0.717) is 17.1 Å². The molecule has 1 fully saturated rings. The number of amides is 2. The number of sulfonamides is 1. The maximum atomic E-state index is 13.7. The quantitative estimate of drug-likeness (QED) is 0.265. The van der Waals surface area contributed by atoms with Crippen LogP contribution in [0.15, 0.2) is 53.4 Å². The number of carbonyl (C=O) groups excluding carboxylic acids is 2. The third-order valence-corrected chi connectivity index (χ3v) is 11.2. The molecule has 2 aliphatic rings. The first kappa shape index (κ1) is 38.2. The molecule has 262 valence electrons. The monoisotopic (exact) mass is 696 g/mol. The van der Waals surface area contributed by atoms with Gasteiger partial charge in [0.05, 0.1) is 35.4 Å². The number of hydrogen-bond acceptors (Lipinski definition) is 10. The number of carbonyl (C=O) groups is 2. The largest absolute Gasteiger partial charge is 0.454 e. The summed E-state index contributed by atoms with van der Waals surface area (Å²) in [5, 5.41) is 16.6. The fourth-order valence-electron chi connectivity index (χ4n) is 4.84. The number of benzene rings is 2. The lowest BCUT2D eigenvalue weighted by Crippen LogP contribution is -2.48. The van der Waals surface area contributed by atoms with E-state index in [1.165, 1.54) is 22.7 Å². The first-order valence-electron chi connectivity index (χ1n) is 15.7. The zero-order valence-corrected chi connectivity index (χ0v) is 29.3. The van der Waals surface area contributed by atoms with Crippen molar-refractivity contribution in [2.24, 2.45) is 5.92 Å². The van der Waals surface area contributed by atoms with Crippen molar-refractivity contribution in [1.82, 2.24) is 19.8 Å². The number of aliphatic hydroxyl groups is 1. The summed E-state index contributed by atoms with van der Waals surface area (Å²) < 4.78 is 59.9. The SMILES string of the molecule is CC(C)CN(C[C@@H](O)[C@@H](NC(=O)CNC(=O)CN1CCCC1)c1ccccc1)S(=O)(=O)c1ccc2c(c1)OCO2.CC(C)S(C)(=O)=O. The molecular formula is C32H48N4O9S2. The normalized spacial score (nSPS) is 16.1. The second-order valence-corrected chi connectivity index (χ2v) is 16.9. The van der Waals surface area contributed by atoms with E-state index in [-0.39, 0.29) is 54.9 Å². The molecule has 3 N–H and O–H groups in total. The maximum absolute atomic E-state index is 13.7. The Kier molecular flexibility index (Phi) is 14.0. The fraction of sp³-hybridized carbons (Fsp3) is 0.562. The van der Waals surface area contributed by atoms with Crippen molar-refractivity contribution in [3.8, 4) is 11.5 Å². The Hall–Kier alpha value is -3.24. The van der Waals surface area contributed by atoms with Crippen molar-refractivity contribution in [2.75, 3.05) is 52.3 Å². The van der Waals surface area contributed by atoms with Crippen LogP contribution in [0.25, 0.3) is 0 Å². The molecule has 2 aromatic rings. The van der Waals surface area contributed by atoms with Gasteiger partial charge in [-0.15, -0.1) is 0 Å². The lowest BCUT2D eigenvalue weighted by atomic mass is 10.0. The Morgan fingerprint density at radius 1 is 0.915 bits per heavy atom. The molecule has 2 aliphatic heterocycles. The van der Waals surface area contributed by atoms with Crippen LogP contribution in [0.4, 0.5) is 0 Å². The smallest absolute Gasteiger partial charge is 0.243 e. The van der Waals surface area contributed by atoms with Crippen LogP contribution in [-0.4, -0.2) is 107 Å². The van der Waals surface area contributed by atoms with Gasteiger partial charge >= 0.3 is 0 Å². The van der Waals surface area contributed by atoms with Gasteiger partial charge in [-0.2, -0.15) is 4.31 Å². The van der Waals surface area contributed by atoms with Gasteiger partial charge in [0.25, 0.3) is 0 Å². The second-order valence-electron chi connectivity index (χ2n) is 12.4. The van der Waals surface area contributed by atoms with Crippen LogP contribution in [0, 0.1) is 5.92 Å².